The molecule has 0 bridgehead atoms. The number of nitrogens with zero attached hydrogens (tertiary/aromatic N) is 2. The Kier molecular flexibility index (Phi) is 6.00. The van der Waals surface area contributed by atoms with E-state index in [0.717, 1.165) is 11.3 Å². The highest BCUT2D eigenvalue weighted by Crippen LogP contribution is 2.20. The van der Waals surface area contributed by atoms with Gasteiger partial charge >= 0.3 is 0 Å². The number of rotatable bonds is 7. The van der Waals surface area contributed by atoms with E-state index < -0.39 is 0 Å². The molecule has 1 aromatic carbocycles. The summed E-state index contributed by atoms with van der Waals surface area (Å²) in [5.41, 5.74) is 3.09. The maximum Gasteiger partial charge on any atom is 0.132 e. The first-order valence-corrected chi connectivity index (χ1v) is 8.01. The maximum absolute atomic E-state index is 9.83. The Morgan fingerprint density at radius 1 is 1.27 bits per heavy atom. The minimum Gasteiger partial charge on any atom is -0.392 e. The Bertz CT molecular complexity index is 595. The fraction of sp³-hybridized carbons (Fsp3) is 0.471. The number of aromatic nitrogens is 2. The van der Waals surface area contributed by atoms with Gasteiger partial charge in [0.15, 0.2) is 0 Å². The van der Waals surface area contributed by atoms with Gasteiger partial charge in [-0.25, -0.2) is 4.68 Å². The van der Waals surface area contributed by atoms with Crippen LogP contribution in [0.4, 0.5) is 0 Å². The van der Waals surface area contributed by atoms with Gasteiger partial charge in [-0.1, -0.05) is 55.8 Å². The van der Waals surface area contributed by atoms with Crippen molar-refractivity contribution in [2.45, 2.75) is 40.0 Å². The van der Waals surface area contributed by atoms with E-state index in [-0.39, 0.29) is 12.0 Å². The molecule has 0 spiro atoms. The molecule has 0 fully saturated rings. The molecule has 22 heavy (non-hydrogen) atoms. The van der Waals surface area contributed by atoms with E-state index in [1.165, 1.54) is 5.56 Å². The molecular formula is C17H24ClN3O. The van der Waals surface area contributed by atoms with Crippen LogP contribution in [0, 0.1) is 12.8 Å². The summed E-state index contributed by atoms with van der Waals surface area (Å²) in [6.07, 6.45) is -0.349. The Hall–Kier alpha value is -1.36. The van der Waals surface area contributed by atoms with Crippen molar-refractivity contribution in [3.8, 4) is 0 Å². The molecule has 5 heteroatoms. The number of aliphatic hydroxyl groups excluding tert-OH is 1. The van der Waals surface area contributed by atoms with Crippen molar-refractivity contribution in [3.63, 3.8) is 0 Å². The van der Waals surface area contributed by atoms with E-state index in [9.17, 15) is 5.11 Å². The lowest BCUT2D eigenvalue weighted by molar-refractivity contribution is 0.123. The lowest BCUT2D eigenvalue weighted by Crippen LogP contribution is -2.30. The smallest absolute Gasteiger partial charge is 0.132 e. The first-order valence-electron chi connectivity index (χ1n) is 7.63. The molecule has 120 valence electrons. The average Bonchev–Trinajstić information content (AvgIpc) is 2.75. The van der Waals surface area contributed by atoms with Crippen molar-refractivity contribution in [1.29, 1.82) is 0 Å². The molecule has 1 unspecified atom stereocenters. The van der Waals surface area contributed by atoms with Crippen LogP contribution in [-0.4, -0.2) is 27.5 Å². The molecule has 1 aromatic heterocycles. The van der Waals surface area contributed by atoms with Crippen molar-refractivity contribution < 1.29 is 5.11 Å². The van der Waals surface area contributed by atoms with Crippen molar-refractivity contribution in [3.05, 3.63) is 52.3 Å². The molecular weight excluding hydrogens is 298 g/mol. The largest absolute Gasteiger partial charge is 0.392 e. The second-order valence-electron chi connectivity index (χ2n) is 5.94. The zero-order chi connectivity index (χ0) is 16.1. The molecule has 2 N–H and O–H groups in total. The summed E-state index contributed by atoms with van der Waals surface area (Å²) in [5.74, 6) is 0.241. The number of aryl methyl sites for hydroxylation is 1. The van der Waals surface area contributed by atoms with Crippen molar-refractivity contribution >= 4 is 11.6 Å². The van der Waals surface area contributed by atoms with Gasteiger partial charge in [-0.2, -0.15) is 5.10 Å². The molecule has 0 saturated heterocycles. The lowest BCUT2D eigenvalue weighted by Gasteiger charge is -2.15. The third-order valence-electron chi connectivity index (χ3n) is 3.78. The minimum absolute atomic E-state index is 0.241. The van der Waals surface area contributed by atoms with Gasteiger partial charge in [-0.15, -0.1) is 0 Å². The van der Waals surface area contributed by atoms with Crippen molar-refractivity contribution in [1.82, 2.24) is 15.1 Å². The Labute approximate surface area is 137 Å². The molecule has 2 aromatic rings. The summed E-state index contributed by atoms with van der Waals surface area (Å²) in [4.78, 5) is 0. The lowest BCUT2D eigenvalue weighted by atomic mass is 10.1. The number of nitrogens with one attached hydrogen (secondary N) is 1. The van der Waals surface area contributed by atoms with Gasteiger partial charge in [0.1, 0.15) is 5.15 Å². The Morgan fingerprint density at radius 3 is 2.59 bits per heavy atom. The first kappa shape index (κ1) is 17.0. The predicted molar refractivity (Wildman–Crippen MR) is 90.1 cm³/mol. The van der Waals surface area contributed by atoms with Gasteiger partial charge < -0.3 is 10.4 Å². The van der Waals surface area contributed by atoms with Gasteiger partial charge in [0.05, 0.1) is 18.3 Å². The van der Waals surface area contributed by atoms with Gasteiger partial charge in [-0.3, -0.25) is 0 Å². The van der Waals surface area contributed by atoms with Crippen LogP contribution in [0.2, 0.25) is 5.15 Å². The Morgan fingerprint density at radius 2 is 1.95 bits per heavy atom. The topological polar surface area (TPSA) is 50.1 Å². The fourth-order valence-electron chi connectivity index (χ4n) is 2.23. The number of halogens is 1. The summed E-state index contributed by atoms with van der Waals surface area (Å²) >= 11 is 6.46. The SMILES string of the molecule is Cc1nn(Cc2ccccc2)c(Cl)c1CNCC(O)C(C)C. The summed E-state index contributed by atoms with van der Waals surface area (Å²) < 4.78 is 1.82. The first-order chi connectivity index (χ1) is 10.5. The quantitative estimate of drug-likeness (QED) is 0.824. The van der Waals surface area contributed by atoms with Crippen LogP contribution in [0.3, 0.4) is 0 Å². The van der Waals surface area contributed by atoms with E-state index in [1.54, 1.807) is 0 Å². The van der Waals surface area contributed by atoms with Crippen LogP contribution in [0.1, 0.15) is 30.7 Å². The van der Waals surface area contributed by atoms with Crippen molar-refractivity contribution in [2.75, 3.05) is 6.54 Å². The molecule has 0 saturated carbocycles. The molecule has 0 radical (unpaired) electrons. The number of hydrogen-bond acceptors (Lipinski definition) is 3. The summed E-state index contributed by atoms with van der Waals surface area (Å²) in [7, 11) is 0. The molecule has 0 amide bonds. The van der Waals surface area contributed by atoms with Crippen LogP contribution in [-0.2, 0) is 13.1 Å². The zero-order valence-corrected chi connectivity index (χ0v) is 14.1. The molecule has 1 atom stereocenters. The molecule has 0 aliphatic rings. The van der Waals surface area contributed by atoms with Crippen molar-refractivity contribution in [2.24, 2.45) is 5.92 Å². The highest BCUT2D eigenvalue weighted by Gasteiger charge is 2.14. The molecule has 0 aliphatic carbocycles. The summed E-state index contributed by atoms with van der Waals surface area (Å²) in [6, 6.07) is 10.1. The van der Waals surface area contributed by atoms with Crippen LogP contribution >= 0.6 is 11.6 Å². The third-order valence-corrected chi connectivity index (χ3v) is 4.21. The maximum atomic E-state index is 9.83. The number of hydrogen-bond donors (Lipinski definition) is 2. The van der Waals surface area contributed by atoms with E-state index in [4.69, 9.17) is 11.6 Å². The van der Waals surface area contributed by atoms with E-state index >= 15 is 0 Å². The van der Waals surface area contributed by atoms with E-state index in [2.05, 4.69) is 22.5 Å². The van der Waals surface area contributed by atoms with Gasteiger partial charge in [-0.05, 0) is 18.4 Å². The Balaban J connectivity index is 2.01. The highest BCUT2D eigenvalue weighted by atomic mass is 35.5. The van der Waals surface area contributed by atoms with Gasteiger partial charge in [0.2, 0.25) is 0 Å². The van der Waals surface area contributed by atoms with Crippen LogP contribution in [0.15, 0.2) is 30.3 Å². The second kappa shape index (κ2) is 7.77. The third kappa shape index (κ3) is 4.32. The zero-order valence-electron chi connectivity index (χ0n) is 13.4. The molecule has 1 heterocycles. The van der Waals surface area contributed by atoms with Crippen LogP contribution in [0.25, 0.3) is 0 Å². The summed E-state index contributed by atoms with van der Waals surface area (Å²) in [5, 5.41) is 18.3. The predicted octanol–water partition coefficient (Wildman–Crippen LogP) is 3.00. The molecule has 4 nitrogen and oxygen atoms in total. The van der Waals surface area contributed by atoms with Gasteiger partial charge in [0.25, 0.3) is 0 Å². The number of benzene rings is 1. The second-order valence-corrected chi connectivity index (χ2v) is 6.30. The number of aliphatic hydroxyl groups is 1. The monoisotopic (exact) mass is 321 g/mol. The molecule has 0 aliphatic heterocycles. The standard InChI is InChI=1S/C17H24ClN3O/c1-12(2)16(22)10-19-9-15-13(3)20-21(17(15)18)11-14-7-5-4-6-8-14/h4-8,12,16,19,22H,9-11H2,1-3H3. The summed E-state index contributed by atoms with van der Waals surface area (Å²) in [6.45, 7) is 7.80. The fourth-order valence-corrected chi connectivity index (χ4v) is 2.53. The molecule has 2 rings (SSSR count). The minimum atomic E-state index is -0.349. The highest BCUT2D eigenvalue weighted by molar-refractivity contribution is 6.30. The van der Waals surface area contributed by atoms with Gasteiger partial charge in [0, 0.05) is 18.7 Å². The van der Waals surface area contributed by atoms with E-state index in [0.29, 0.717) is 24.8 Å². The average molecular weight is 322 g/mol. The normalized spacial score (nSPS) is 12.8. The van der Waals surface area contributed by atoms with E-state index in [1.807, 2.05) is 43.7 Å². The van der Waals surface area contributed by atoms with Crippen LogP contribution < -0.4 is 5.32 Å². The van der Waals surface area contributed by atoms with Crippen LogP contribution in [0.5, 0.6) is 0 Å².